The molecule has 0 unspecified atom stereocenters. The monoisotopic (exact) mass is 296 g/mol. The molecule has 0 atom stereocenters. The van der Waals surface area contributed by atoms with Crippen LogP contribution in [-0.2, 0) is 4.79 Å². The van der Waals surface area contributed by atoms with Crippen molar-refractivity contribution >= 4 is 11.9 Å². The van der Waals surface area contributed by atoms with E-state index in [2.05, 4.69) is 20.9 Å². The van der Waals surface area contributed by atoms with Gasteiger partial charge in [0.2, 0.25) is 5.91 Å². The summed E-state index contributed by atoms with van der Waals surface area (Å²) >= 11 is 0. The lowest BCUT2D eigenvalue weighted by molar-refractivity contribution is -0.121. The number of hydrogen-bond acceptors (Lipinski definition) is 3. The lowest BCUT2D eigenvalue weighted by Crippen LogP contribution is -2.48. The zero-order valence-corrected chi connectivity index (χ0v) is 13.2. The quantitative estimate of drug-likeness (QED) is 0.679. The van der Waals surface area contributed by atoms with E-state index in [4.69, 9.17) is 0 Å². The number of nitrogens with one attached hydrogen (secondary N) is 3. The van der Waals surface area contributed by atoms with Gasteiger partial charge in [0.15, 0.2) is 0 Å². The average molecular weight is 296 g/mol. The van der Waals surface area contributed by atoms with Gasteiger partial charge in [-0.2, -0.15) is 0 Å². The minimum absolute atomic E-state index is 0.0250. The van der Waals surface area contributed by atoms with E-state index in [1.807, 2.05) is 13.8 Å². The number of hydrogen-bond donors (Lipinski definition) is 3. The Kier molecular flexibility index (Phi) is 5.85. The topological polar surface area (TPSA) is 73.5 Å². The number of piperidine rings is 1. The van der Waals surface area contributed by atoms with Crippen molar-refractivity contribution in [3.8, 4) is 0 Å². The molecule has 1 saturated carbocycles. The fourth-order valence-electron chi connectivity index (χ4n) is 2.77. The Morgan fingerprint density at radius 1 is 1.14 bits per heavy atom. The maximum Gasteiger partial charge on any atom is 0.315 e. The summed E-state index contributed by atoms with van der Waals surface area (Å²) in [5.41, 5.74) is 0. The lowest BCUT2D eigenvalue weighted by Gasteiger charge is -2.32. The summed E-state index contributed by atoms with van der Waals surface area (Å²) in [7, 11) is 0. The van der Waals surface area contributed by atoms with Crippen LogP contribution in [-0.4, -0.2) is 54.6 Å². The Morgan fingerprint density at radius 3 is 2.38 bits per heavy atom. The van der Waals surface area contributed by atoms with Gasteiger partial charge >= 0.3 is 6.03 Å². The van der Waals surface area contributed by atoms with Gasteiger partial charge in [0.25, 0.3) is 0 Å². The van der Waals surface area contributed by atoms with Gasteiger partial charge in [0, 0.05) is 44.2 Å². The van der Waals surface area contributed by atoms with Crippen LogP contribution in [0.1, 0.15) is 46.0 Å². The number of nitrogens with zero attached hydrogens (tertiary/aromatic N) is 1. The van der Waals surface area contributed by atoms with Crippen LogP contribution < -0.4 is 16.0 Å². The highest BCUT2D eigenvalue weighted by Gasteiger charge is 2.31. The SMILES string of the molecule is CC(C)NC(=O)CCNC(=O)NC1CCN(C2CC2)CC1. The third kappa shape index (κ3) is 5.91. The molecule has 0 spiro atoms. The molecule has 0 aromatic carbocycles. The lowest BCUT2D eigenvalue weighted by atomic mass is 10.1. The minimum atomic E-state index is -0.155. The Bertz CT molecular complexity index is 361. The van der Waals surface area contributed by atoms with Gasteiger partial charge < -0.3 is 20.9 Å². The van der Waals surface area contributed by atoms with Gasteiger partial charge in [0.1, 0.15) is 0 Å². The Labute approximate surface area is 127 Å². The van der Waals surface area contributed by atoms with E-state index in [0.717, 1.165) is 32.0 Å². The number of urea groups is 1. The smallest absolute Gasteiger partial charge is 0.315 e. The van der Waals surface area contributed by atoms with Crippen LogP contribution in [0.2, 0.25) is 0 Å². The molecule has 0 bridgehead atoms. The molecule has 6 heteroatoms. The second-order valence-electron chi connectivity index (χ2n) is 6.41. The zero-order valence-electron chi connectivity index (χ0n) is 13.2. The van der Waals surface area contributed by atoms with Gasteiger partial charge in [-0.3, -0.25) is 4.79 Å². The van der Waals surface area contributed by atoms with Crippen molar-refractivity contribution in [2.24, 2.45) is 0 Å². The second-order valence-corrected chi connectivity index (χ2v) is 6.41. The molecule has 2 aliphatic rings. The van der Waals surface area contributed by atoms with Crippen molar-refractivity contribution in [2.75, 3.05) is 19.6 Å². The van der Waals surface area contributed by atoms with Crippen LogP contribution in [0.15, 0.2) is 0 Å². The number of rotatable bonds is 6. The van der Waals surface area contributed by atoms with Crippen molar-refractivity contribution in [3.63, 3.8) is 0 Å². The van der Waals surface area contributed by atoms with E-state index in [9.17, 15) is 9.59 Å². The Morgan fingerprint density at radius 2 is 1.81 bits per heavy atom. The molecule has 6 nitrogen and oxygen atoms in total. The number of carbonyl (C=O) groups excluding carboxylic acids is 2. The molecule has 1 saturated heterocycles. The standard InChI is InChI=1S/C15H28N4O2/c1-11(2)17-14(20)5-8-16-15(21)18-12-6-9-19(10-7-12)13-3-4-13/h11-13H,3-10H2,1-2H3,(H,17,20)(H2,16,18,21). The third-order valence-corrected chi connectivity index (χ3v) is 4.02. The summed E-state index contributed by atoms with van der Waals surface area (Å²) in [6.45, 7) is 6.40. The van der Waals surface area contributed by atoms with Crippen molar-refractivity contribution < 1.29 is 9.59 Å². The van der Waals surface area contributed by atoms with Gasteiger partial charge in [-0.15, -0.1) is 0 Å². The molecule has 1 aliphatic heterocycles. The molecular weight excluding hydrogens is 268 g/mol. The summed E-state index contributed by atoms with van der Waals surface area (Å²) < 4.78 is 0. The first-order valence-electron chi connectivity index (χ1n) is 8.12. The molecule has 2 rings (SSSR count). The van der Waals surface area contributed by atoms with Crippen molar-refractivity contribution in [3.05, 3.63) is 0 Å². The van der Waals surface area contributed by atoms with Gasteiger partial charge in [-0.25, -0.2) is 4.79 Å². The average Bonchev–Trinajstić information content (AvgIpc) is 3.23. The highest BCUT2D eigenvalue weighted by atomic mass is 16.2. The van der Waals surface area contributed by atoms with Crippen molar-refractivity contribution in [1.82, 2.24) is 20.9 Å². The first-order valence-corrected chi connectivity index (χ1v) is 8.12. The zero-order chi connectivity index (χ0) is 15.2. The summed E-state index contributed by atoms with van der Waals surface area (Å²) in [6, 6.07) is 1.07. The summed E-state index contributed by atoms with van der Waals surface area (Å²) in [4.78, 5) is 25.8. The molecule has 2 fully saturated rings. The Balaban J connectivity index is 1.54. The molecular formula is C15H28N4O2. The Hall–Kier alpha value is -1.30. The molecule has 1 heterocycles. The van der Waals surface area contributed by atoms with Crippen LogP contribution >= 0.6 is 0 Å². The predicted octanol–water partition coefficient (Wildman–Crippen LogP) is 0.827. The predicted molar refractivity (Wildman–Crippen MR) is 82.0 cm³/mol. The fourth-order valence-corrected chi connectivity index (χ4v) is 2.77. The number of amides is 3. The normalized spacial score (nSPS) is 20.3. The molecule has 3 N–H and O–H groups in total. The molecule has 1 aliphatic carbocycles. The number of carbonyl (C=O) groups is 2. The maximum atomic E-state index is 11.8. The molecule has 120 valence electrons. The van der Waals surface area contributed by atoms with Crippen LogP contribution in [0.4, 0.5) is 4.79 Å². The number of likely N-dealkylation sites (tertiary alicyclic amines) is 1. The molecule has 3 amide bonds. The van der Waals surface area contributed by atoms with E-state index in [0.29, 0.717) is 13.0 Å². The highest BCUT2D eigenvalue weighted by molar-refractivity contribution is 5.78. The molecule has 21 heavy (non-hydrogen) atoms. The van der Waals surface area contributed by atoms with Gasteiger partial charge in [-0.1, -0.05) is 0 Å². The first-order chi connectivity index (χ1) is 10.0. The highest BCUT2D eigenvalue weighted by Crippen LogP contribution is 2.29. The summed E-state index contributed by atoms with van der Waals surface area (Å²) in [5, 5.41) is 8.56. The van der Waals surface area contributed by atoms with E-state index >= 15 is 0 Å². The molecule has 0 radical (unpaired) electrons. The van der Waals surface area contributed by atoms with Gasteiger partial charge in [0.05, 0.1) is 0 Å². The van der Waals surface area contributed by atoms with E-state index < -0.39 is 0 Å². The van der Waals surface area contributed by atoms with E-state index in [1.54, 1.807) is 0 Å². The van der Waals surface area contributed by atoms with E-state index in [-0.39, 0.29) is 24.0 Å². The second kappa shape index (κ2) is 7.64. The van der Waals surface area contributed by atoms with Crippen molar-refractivity contribution in [1.29, 1.82) is 0 Å². The fraction of sp³-hybridized carbons (Fsp3) is 0.867. The van der Waals surface area contributed by atoms with Crippen molar-refractivity contribution in [2.45, 2.75) is 64.1 Å². The summed E-state index contributed by atoms with van der Waals surface area (Å²) in [6.07, 6.45) is 5.06. The van der Waals surface area contributed by atoms with Crippen LogP contribution in [0.5, 0.6) is 0 Å². The third-order valence-electron chi connectivity index (χ3n) is 4.02. The minimum Gasteiger partial charge on any atom is -0.354 e. The van der Waals surface area contributed by atoms with Gasteiger partial charge in [-0.05, 0) is 39.5 Å². The molecule has 0 aromatic rings. The van der Waals surface area contributed by atoms with Crippen LogP contribution in [0.3, 0.4) is 0 Å². The largest absolute Gasteiger partial charge is 0.354 e. The molecule has 0 aromatic heterocycles. The van der Waals surface area contributed by atoms with Crippen LogP contribution in [0, 0.1) is 0 Å². The first kappa shape index (κ1) is 16.1. The maximum absolute atomic E-state index is 11.8. The summed E-state index contributed by atoms with van der Waals surface area (Å²) in [5.74, 6) is -0.0250. The van der Waals surface area contributed by atoms with E-state index in [1.165, 1.54) is 12.8 Å². The van der Waals surface area contributed by atoms with Crippen LogP contribution in [0.25, 0.3) is 0 Å².